The van der Waals surface area contributed by atoms with Crippen molar-refractivity contribution in [2.24, 2.45) is 5.92 Å². The Kier molecular flexibility index (Phi) is 8.13. The number of nitrogens with zero attached hydrogens (tertiary/aromatic N) is 5. The standard InChI is InChI=1S/C38H43N5O3/c1-24(2)22-42-33-13-9-26-8-6-4-5-7-16-43-34-14-12-31(25(3)37(34)39-40-43)32(21-36(44)45)28-11-10-27-15-17-41(23-30(27)19-28)38(46)35(42)20-29(33)18-26/h9-14,18-20,24,32H,4-8,15-17,21-23H2,1-3H3,(H,44,45)/t32-/m0/s1. The second-order valence-corrected chi connectivity index (χ2v) is 13.7. The lowest BCUT2D eigenvalue weighted by Gasteiger charge is -2.30. The van der Waals surface area contributed by atoms with Crippen LogP contribution in [0, 0.1) is 12.8 Å². The molecule has 0 fully saturated rings. The Hall–Kier alpha value is -4.46. The maximum Gasteiger partial charge on any atom is 0.304 e. The molecule has 10 bridgehead atoms. The Bertz CT molecular complexity index is 1950. The summed E-state index contributed by atoms with van der Waals surface area (Å²) in [7, 11) is 0. The number of carbonyl (C=O) groups is 2. The maximum atomic E-state index is 14.3. The summed E-state index contributed by atoms with van der Waals surface area (Å²) >= 11 is 0. The average molecular weight is 618 g/mol. The quantitative estimate of drug-likeness (QED) is 0.229. The molecule has 8 nitrogen and oxygen atoms in total. The van der Waals surface area contributed by atoms with Crippen molar-refractivity contribution >= 4 is 33.8 Å². The molecule has 1 N–H and O–H groups in total. The zero-order chi connectivity index (χ0) is 31.9. The van der Waals surface area contributed by atoms with Gasteiger partial charge in [-0.05, 0) is 96.2 Å². The zero-order valence-electron chi connectivity index (χ0n) is 27.1. The second-order valence-electron chi connectivity index (χ2n) is 13.7. The van der Waals surface area contributed by atoms with Gasteiger partial charge < -0.3 is 14.6 Å². The van der Waals surface area contributed by atoms with Crippen LogP contribution in [-0.4, -0.2) is 48.0 Å². The van der Waals surface area contributed by atoms with Crippen molar-refractivity contribution in [3.05, 3.63) is 93.7 Å². The van der Waals surface area contributed by atoms with E-state index < -0.39 is 5.97 Å². The van der Waals surface area contributed by atoms with Gasteiger partial charge in [0.05, 0.1) is 11.9 Å². The predicted octanol–water partition coefficient (Wildman–Crippen LogP) is 7.27. The highest BCUT2D eigenvalue weighted by atomic mass is 16.4. The Balaban J connectivity index is 1.31. The number of carbonyl (C=O) groups excluding carboxylic acids is 1. The lowest BCUT2D eigenvalue weighted by molar-refractivity contribution is -0.137. The number of rotatable bonds is 4. The van der Waals surface area contributed by atoms with Crippen molar-refractivity contribution in [2.45, 2.75) is 91.3 Å². The number of aryl methyl sites for hydroxylation is 3. The van der Waals surface area contributed by atoms with Crippen molar-refractivity contribution in [3.8, 4) is 0 Å². The van der Waals surface area contributed by atoms with Gasteiger partial charge in [0, 0.05) is 43.0 Å². The molecule has 46 heavy (non-hydrogen) atoms. The molecule has 0 aliphatic carbocycles. The van der Waals surface area contributed by atoms with Gasteiger partial charge in [0.25, 0.3) is 5.91 Å². The van der Waals surface area contributed by atoms with Gasteiger partial charge in [0.15, 0.2) is 0 Å². The van der Waals surface area contributed by atoms with Crippen molar-refractivity contribution < 1.29 is 14.7 Å². The van der Waals surface area contributed by atoms with Crippen LogP contribution < -0.4 is 0 Å². The summed E-state index contributed by atoms with van der Waals surface area (Å²) in [6, 6.07) is 19.3. The molecule has 0 unspecified atom stereocenters. The Morgan fingerprint density at radius 3 is 2.59 bits per heavy atom. The van der Waals surface area contributed by atoms with Gasteiger partial charge in [-0.2, -0.15) is 0 Å². The van der Waals surface area contributed by atoms with Gasteiger partial charge in [0.1, 0.15) is 11.2 Å². The highest BCUT2D eigenvalue weighted by Crippen LogP contribution is 2.36. The molecule has 3 aliphatic heterocycles. The number of hydrogen-bond donors (Lipinski definition) is 1. The van der Waals surface area contributed by atoms with Gasteiger partial charge in [0.2, 0.25) is 0 Å². The largest absolute Gasteiger partial charge is 0.481 e. The first-order valence-electron chi connectivity index (χ1n) is 16.8. The summed E-state index contributed by atoms with van der Waals surface area (Å²) in [5, 5.41) is 20.2. The summed E-state index contributed by atoms with van der Waals surface area (Å²) < 4.78 is 4.21. The van der Waals surface area contributed by atoms with Crippen LogP contribution in [0.2, 0.25) is 0 Å². The first-order valence-corrected chi connectivity index (χ1v) is 16.8. The fourth-order valence-electron chi connectivity index (χ4n) is 7.60. The van der Waals surface area contributed by atoms with Crippen molar-refractivity contribution in [1.29, 1.82) is 0 Å². The SMILES string of the molecule is Cc1c2ccc3c1nnn3CCCCCCc1ccc3c(c1)cc(n3CC(C)C)C(=O)N1CCc3ccc(cc3C1)[C@@H]2CC(=O)O. The lowest BCUT2D eigenvalue weighted by Crippen LogP contribution is -2.37. The fourth-order valence-corrected chi connectivity index (χ4v) is 7.60. The van der Waals surface area contributed by atoms with E-state index in [4.69, 9.17) is 0 Å². The lowest BCUT2D eigenvalue weighted by atomic mass is 9.83. The second kappa shape index (κ2) is 12.4. The molecule has 0 saturated carbocycles. The van der Waals surface area contributed by atoms with Crippen molar-refractivity contribution in [3.63, 3.8) is 0 Å². The Morgan fingerprint density at radius 1 is 0.935 bits per heavy atom. The summed E-state index contributed by atoms with van der Waals surface area (Å²) in [6.45, 7) is 9.17. The molecular formula is C38H43N5O3. The normalized spacial score (nSPS) is 17.4. The van der Waals surface area contributed by atoms with E-state index in [9.17, 15) is 14.7 Å². The molecule has 0 radical (unpaired) electrons. The Morgan fingerprint density at radius 2 is 1.76 bits per heavy atom. The molecule has 8 rings (SSSR count). The Labute approximate surface area is 270 Å². The molecule has 5 heterocycles. The number of amides is 1. The van der Waals surface area contributed by atoms with Crippen LogP contribution in [0.3, 0.4) is 0 Å². The summed E-state index contributed by atoms with van der Waals surface area (Å²) in [4.78, 5) is 28.4. The molecule has 3 aliphatic rings. The van der Waals surface area contributed by atoms with E-state index in [0.29, 0.717) is 19.0 Å². The molecular weight excluding hydrogens is 574 g/mol. The van der Waals surface area contributed by atoms with E-state index in [1.807, 2.05) is 16.5 Å². The predicted molar refractivity (Wildman–Crippen MR) is 180 cm³/mol. The van der Waals surface area contributed by atoms with Crippen molar-refractivity contribution in [2.75, 3.05) is 6.54 Å². The van der Waals surface area contributed by atoms with E-state index >= 15 is 0 Å². The van der Waals surface area contributed by atoms with Gasteiger partial charge in [-0.25, -0.2) is 4.68 Å². The van der Waals surface area contributed by atoms with E-state index in [0.717, 1.165) is 101 Å². The fraction of sp³-hybridized carbons (Fsp3) is 0.421. The molecule has 5 aromatic rings. The minimum Gasteiger partial charge on any atom is -0.481 e. The molecule has 1 atom stereocenters. The number of hydrogen-bond acceptors (Lipinski definition) is 4. The van der Waals surface area contributed by atoms with E-state index in [-0.39, 0.29) is 18.2 Å². The van der Waals surface area contributed by atoms with E-state index in [1.54, 1.807) is 0 Å². The van der Waals surface area contributed by atoms with Crippen LogP contribution in [0.15, 0.2) is 54.6 Å². The monoisotopic (exact) mass is 617 g/mol. The van der Waals surface area contributed by atoms with Crippen LogP contribution in [-0.2, 0) is 37.3 Å². The van der Waals surface area contributed by atoms with Crippen LogP contribution in [0.25, 0.3) is 21.9 Å². The minimum absolute atomic E-state index is 0.0286. The van der Waals surface area contributed by atoms with Crippen LogP contribution in [0.4, 0.5) is 0 Å². The van der Waals surface area contributed by atoms with Crippen molar-refractivity contribution in [1.82, 2.24) is 24.5 Å². The third-order valence-corrected chi connectivity index (χ3v) is 9.99. The molecule has 3 aromatic carbocycles. The first-order chi connectivity index (χ1) is 22.3. The average Bonchev–Trinajstić information content (AvgIpc) is 3.61. The van der Waals surface area contributed by atoms with Gasteiger partial charge >= 0.3 is 5.97 Å². The molecule has 1 amide bonds. The minimum atomic E-state index is -0.846. The van der Waals surface area contributed by atoms with Crippen LogP contribution >= 0.6 is 0 Å². The van der Waals surface area contributed by atoms with Gasteiger partial charge in [-0.15, -0.1) is 5.10 Å². The van der Waals surface area contributed by atoms with Gasteiger partial charge in [-0.1, -0.05) is 62.2 Å². The van der Waals surface area contributed by atoms with E-state index in [2.05, 4.69) is 83.3 Å². The molecule has 8 heteroatoms. The number of benzene rings is 3. The van der Waals surface area contributed by atoms with Gasteiger partial charge in [-0.3, -0.25) is 9.59 Å². The highest BCUT2D eigenvalue weighted by Gasteiger charge is 2.28. The third kappa shape index (κ3) is 5.70. The van der Waals surface area contributed by atoms with Crippen LogP contribution in [0.1, 0.15) is 95.7 Å². The number of aromatic nitrogens is 4. The van der Waals surface area contributed by atoms with Crippen LogP contribution in [0.5, 0.6) is 0 Å². The third-order valence-electron chi connectivity index (χ3n) is 9.99. The number of fused-ring (bicyclic) bond motifs is 6. The number of carboxylic acid groups (broad SMARTS) is 1. The zero-order valence-corrected chi connectivity index (χ0v) is 27.1. The molecule has 0 spiro atoms. The summed E-state index contributed by atoms with van der Waals surface area (Å²) in [5.74, 6) is -0.733. The topological polar surface area (TPSA) is 93.3 Å². The van der Waals surface area contributed by atoms with E-state index in [1.165, 1.54) is 11.1 Å². The molecule has 238 valence electrons. The molecule has 0 saturated heterocycles. The summed E-state index contributed by atoms with van der Waals surface area (Å²) in [6.07, 6.45) is 6.15. The number of carboxylic acids is 1. The smallest absolute Gasteiger partial charge is 0.304 e. The molecule has 2 aromatic heterocycles. The number of aliphatic carboxylic acids is 1. The summed E-state index contributed by atoms with van der Waals surface area (Å²) in [5.41, 5.74) is 10.2. The highest BCUT2D eigenvalue weighted by molar-refractivity contribution is 5.99. The first kappa shape index (κ1) is 30.2. The maximum absolute atomic E-state index is 14.3.